The number of hydrogen-bond donors (Lipinski definition) is 2. The highest BCUT2D eigenvalue weighted by Gasteiger charge is 2.61. The third-order valence-electron chi connectivity index (χ3n) is 6.98. The van der Waals surface area contributed by atoms with Gasteiger partial charge in [0.2, 0.25) is 0 Å². The van der Waals surface area contributed by atoms with E-state index in [2.05, 4.69) is 11.4 Å². The van der Waals surface area contributed by atoms with Gasteiger partial charge in [0.15, 0.2) is 0 Å². The van der Waals surface area contributed by atoms with Crippen LogP contribution in [0.3, 0.4) is 0 Å². The van der Waals surface area contributed by atoms with E-state index in [4.69, 9.17) is 23.2 Å². The van der Waals surface area contributed by atoms with Crippen molar-refractivity contribution in [2.24, 2.45) is 0 Å². The number of hydrogen-bond acceptors (Lipinski definition) is 6. The maximum atomic E-state index is 14.1. The summed E-state index contributed by atoms with van der Waals surface area (Å²) in [4.78, 5) is 42.8. The number of nitriles is 1. The molecule has 0 aliphatic carbocycles. The van der Waals surface area contributed by atoms with Gasteiger partial charge in [-0.2, -0.15) is 5.26 Å². The second-order valence-electron chi connectivity index (χ2n) is 9.07. The van der Waals surface area contributed by atoms with E-state index in [1.165, 1.54) is 29.5 Å². The number of anilines is 1. The molecule has 2 aromatic carbocycles. The van der Waals surface area contributed by atoms with Gasteiger partial charge < -0.3 is 10.4 Å². The lowest BCUT2D eigenvalue weighted by Gasteiger charge is -2.28. The molecule has 0 bridgehead atoms. The predicted octanol–water partition coefficient (Wildman–Crippen LogP) is 5.28. The molecule has 3 atom stereocenters. The Morgan fingerprint density at radius 3 is 2.49 bits per heavy atom. The fourth-order valence-electron chi connectivity index (χ4n) is 5.19. The lowest BCUT2D eigenvalue weighted by Crippen LogP contribution is -2.53. The van der Waals surface area contributed by atoms with E-state index in [-0.39, 0.29) is 33.9 Å². The molecule has 3 heterocycles. The molecule has 2 saturated heterocycles. The zero-order valence-electron chi connectivity index (χ0n) is 19.4. The molecule has 8 nitrogen and oxygen atoms in total. The van der Waals surface area contributed by atoms with Crippen LogP contribution in [0.15, 0.2) is 53.9 Å². The van der Waals surface area contributed by atoms with Crippen molar-refractivity contribution in [3.05, 3.63) is 85.5 Å². The normalized spacial score (nSPS) is 22.3. The number of halogens is 2. The van der Waals surface area contributed by atoms with Crippen molar-refractivity contribution >= 4 is 58.1 Å². The van der Waals surface area contributed by atoms with Gasteiger partial charge in [-0.05, 0) is 54.3 Å². The molecule has 2 fully saturated rings. The fourth-order valence-corrected chi connectivity index (χ4v) is 6.68. The predicted molar refractivity (Wildman–Crippen MR) is 140 cm³/mol. The number of carbonyl (C=O) groups excluding carboxylic acids is 2. The Hall–Kier alpha value is -3.42. The van der Waals surface area contributed by atoms with Crippen molar-refractivity contribution in [2.45, 2.75) is 24.4 Å². The maximum Gasteiger partial charge on any atom is 0.336 e. The smallest absolute Gasteiger partial charge is 0.336 e. The first kappa shape index (κ1) is 25.2. The number of nitrogens with zero attached hydrogens (tertiary/aromatic N) is 3. The van der Waals surface area contributed by atoms with Crippen LogP contribution in [-0.4, -0.2) is 46.5 Å². The van der Waals surface area contributed by atoms with Gasteiger partial charge in [0, 0.05) is 40.0 Å². The van der Waals surface area contributed by atoms with Crippen LogP contribution in [0.4, 0.5) is 10.5 Å². The van der Waals surface area contributed by atoms with Gasteiger partial charge in [-0.3, -0.25) is 9.69 Å². The number of imide groups is 1. The Kier molecular flexibility index (Phi) is 6.46. The molecule has 3 amide bonds. The molecule has 5 rings (SSSR count). The van der Waals surface area contributed by atoms with E-state index in [1.54, 1.807) is 35.7 Å². The minimum atomic E-state index is -1.32. The monoisotopic (exact) mass is 554 g/mol. The van der Waals surface area contributed by atoms with Gasteiger partial charge in [0.1, 0.15) is 5.54 Å². The minimum Gasteiger partial charge on any atom is -0.478 e. The third kappa shape index (κ3) is 4.26. The summed E-state index contributed by atoms with van der Waals surface area (Å²) < 4.78 is 0. The molecule has 0 radical (unpaired) electrons. The van der Waals surface area contributed by atoms with Gasteiger partial charge in [0.05, 0.1) is 22.9 Å². The molecule has 188 valence electrons. The van der Waals surface area contributed by atoms with Crippen molar-refractivity contribution < 1.29 is 19.5 Å². The van der Waals surface area contributed by atoms with Gasteiger partial charge >= 0.3 is 12.0 Å². The van der Waals surface area contributed by atoms with Gasteiger partial charge in [-0.15, -0.1) is 11.3 Å². The molecule has 2 aliphatic heterocycles. The van der Waals surface area contributed by atoms with Crippen molar-refractivity contribution in [1.29, 1.82) is 5.26 Å². The van der Waals surface area contributed by atoms with E-state index in [0.29, 0.717) is 17.0 Å². The average molecular weight is 555 g/mol. The zero-order valence-corrected chi connectivity index (χ0v) is 21.8. The minimum absolute atomic E-state index is 0.158. The number of carboxylic acid groups (broad SMARTS) is 1. The van der Waals surface area contributed by atoms with E-state index in [0.717, 1.165) is 10.5 Å². The molecule has 3 aromatic rings. The van der Waals surface area contributed by atoms with Gasteiger partial charge in [0.25, 0.3) is 5.91 Å². The Bertz CT molecular complexity index is 1450. The first-order valence-electron chi connectivity index (χ1n) is 11.3. The Morgan fingerprint density at radius 1 is 1.19 bits per heavy atom. The molecule has 2 N–H and O–H groups in total. The number of amides is 3. The standard InChI is InChI=1S/C26H20Cl2N4O4S/c1-14(22-20(23(33)34)6-7-37-22)31-12-21(16-4-2-15(11-29)3-5-16)26(13-31)24(35)32(25(36)30-26)19-9-17(27)8-18(28)10-19/h2-10,14,21H,12-13H2,1H3,(H,30,36)(H,33,34)/t14?,21-,26+/m0/s1. The molecule has 37 heavy (non-hydrogen) atoms. The van der Waals surface area contributed by atoms with Crippen LogP contribution in [0.5, 0.6) is 0 Å². The number of urea groups is 1. The summed E-state index contributed by atoms with van der Waals surface area (Å²) in [5.74, 6) is -1.94. The molecule has 0 saturated carbocycles. The number of likely N-dealkylation sites (tertiary alicyclic amines) is 1. The zero-order chi connectivity index (χ0) is 26.5. The number of benzene rings is 2. The summed E-state index contributed by atoms with van der Waals surface area (Å²) in [6, 6.07) is 14.2. The fraction of sp³-hybridized carbons (Fsp3) is 0.231. The van der Waals surface area contributed by atoms with Crippen LogP contribution in [0.25, 0.3) is 0 Å². The van der Waals surface area contributed by atoms with E-state index >= 15 is 0 Å². The molecule has 2 aliphatic rings. The quantitative estimate of drug-likeness (QED) is 0.414. The topological polar surface area (TPSA) is 114 Å². The summed E-state index contributed by atoms with van der Waals surface area (Å²) in [6.07, 6.45) is 0. The SMILES string of the molecule is CC(c1sccc1C(=O)O)N1C[C@@H](c2ccc(C#N)cc2)[C@@]2(C1)NC(=O)N(c1cc(Cl)cc(Cl)c1)C2=O. The summed E-state index contributed by atoms with van der Waals surface area (Å²) in [5.41, 5.74) is 0.397. The lowest BCUT2D eigenvalue weighted by molar-refractivity contribution is -0.122. The molecule has 1 unspecified atom stereocenters. The number of carbonyl (C=O) groups is 3. The second-order valence-corrected chi connectivity index (χ2v) is 10.9. The summed E-state index contributed by atoms with van der Waals surface area (Å²) in [7, 11) is 0. The number of thiophene rings is 1. The van der Waals surface area contributed by atoms with Crippen molar-refractivity contribution in [3.63, 3.8) is 0 Å². The van der Waals surface area contributed by atoms with Crippen molar-refractivity contribution in [3.8, 4) is 6.07 Å². The molecular weight excluding hydrogens is 535 g/mol. The molecule has 1 aromatic heterocycles. The second kappa shape index (κ2) is 9.47. The molecular formula is C26H20Cl2N4O4S. The van der Waals surface area contributed by atoms with E-state index < -0.39 is 29.4 Å². The Labute approximate surface area is 226 Å². The summed E-state index contributed by atoms with van der Waals surface area (Å²) in [6.45, 7) is 2.42. The van der Waals surface area contributed by atoms with Crippen LogP contribution >= 0.6 is 34.5 Å². The van der Waals surface area contributed by atoms with Crippen molar-refractivity contribution in [2.75, 3.05) is 18.0 Å². The third-order valence-corrected chi connectivity index (χ3v) is 8.51. The molecule has 11 heteroatoms. The Balaban J connectivity index is 1.57. The number of aromatic carboxylic acids is 1. The highest BCUT2D eigenvalue weighted by atomic mass is 35.5. The first-order valence-corrected chi connectivity index (χ1v) is 13.0. The van der Waals surface area contributed by atoms with Crippen LogP contribution in [0.1, 0.15) is 45.2 Å². The van der Waals surface area contributed by atoms with Crippen LogP contribution in [-0.2, 0) is 4.79 Å². The van der Waals surface area contributed by atoms with Crippen LogP contribution in [0.2, 0.25) is 10.0 Å². The highest BCUT2D eigenvalue weighted by Crippen LogP contribution is 2.45. The lowest BCUT2D eigenvalue weighted by atomic mass is 9.81. The van der Waals surface area contributed by atoms with Crippen LogP contribution in [0, 0.1) is 11.3 Å². The van der Waals surface area contributed by atoms with E-state index in [1.807, 2.05) is 11.8 Å². The number of rotatable bonds is 5. The first-order chi connectivity index (χ1) is 17.6. The summed E-state index contributed by atoms with van der Waals surface area (Å²) in [5, 5.41) is 24.1. The van der Waals surface area contributed by atoms with Crippen LogP contribution < -0.4 is 10.2 Å². The Morgan fingerprint density at radius 2 is 1.86 bits per heavy atom. The average Bonchev–Trinajstić information content (AvgIpc) is 3.55. The molecule has 1 spiro atoms. The van der Waals surface area contributed by atoms with Gasteiger partial charge in [-0.25, -0.2) is 14.5 Å². The highest BCUT2D eigenvalue weighted by molar-refractivity contribution is 7.10. The maximum absolute atomic E-state index is 14.1. The summed E-state index contributed by atoms with van der Waals surface area (Å²) >= 11 is 13.6. The van der Waals surface area contributed by atoms with E-state index in [9.17, 15) is 24.8 Å². The van der Waals surface area contributed by atoms with Gasteiger partial charge in [-0.1, -0.05) is 35.3 Å². The largest absolute Gasteiger partial charge is 0.478 e. The van der Waals surface area contributed by atoms with Crippen molar-refractivity contribution in [1.82, 2.24) is 10.2 Å². The number of nitrogens with one attached hydrogen (secondary N) is 1. The number of carboxylic acids is 1.